The van der Waals surface area contributed by atoms with Crippen molar-refractivity contribution in [2.24, 2.45) is 0 Å². The lowest BCUT2D eigenvalue weighted by atomic mass is 9.85. The lowest BCUT2D eigenvalue weighted by molar-refractivity contribution is 0.299. The topological polar surface area (TPSA) is 20.2 Å². The summed E-state index contributed by atoms with van der Waals surface area (Å²) in [7, 11) is 0. The highest BCUT2D eigenvalue weighted by molar-refractivity contribution is 5.66. The van der Waals surface area contributed by atoms with E-state index in [0.29, 0.717) is 12.0 Å². The largest absolute Gasteiger partial charge is 0.396 e. The first-order valence-corrected chi connectivity index (χ1v) is 6.92. The van der Waals surface area contributed by atoms with E-state index in [-0.39, 0.29) is 17.8 Å². The molecule has 0 aliphatic heterocycles. The third-order valence-electron chi connectivity index (χ3n) is 3.47. The maximum atomic E-state index is 14.1. The van der Waals surface area contributed by atoms with Gasteiger partial charge in [-0.3, -0.25) is 0 Å². The summed E-state index contributed by atoms with van der Waals surface area (Å²) in [5.74, 6) is -0.209. The third-order valence-corrected chi connectivity index (χ3v) is 3.47. The van der Waals surface area contributed by atoms with Crippen LogP contribution in [0.4, 0.5) is 4.39 Å². The van der Waals surface area contributed by atoms with Crippen LogP contribution in [0.1, 0.15) is 31.9 Å². The van der Waals surface area contributed by atoms with Gasteiger partial charge in [0.2, 0.25) is 0 Å². The first kappa shape index (κ1) is 14.7. The summed E-state index contributed by atoms with van der Waals surface area (Å²) in [6, 6.07) is 13.0. The Balaban J connectivity index is 2.49. The van der Waals surface area contributed by atoms with E-state index in [1.165, 1.54) is 6.07 Å². The summed E-state index contributed by atoms with van der Waals surface area (Å²) in [6.07, 6.45) is 0.592. The molecule has 106 valence electrons. The molecule has 0 unspecified atom stereocenters. The van der Waals surface area contributed by atoms with E-state index in [4.69, 9.17) is 5.11 Å². The smallest absolute Gasteiger partial charge is 0.131 e. The zero-order valence-corrected chi connectivity index (χ0v) is 12.3. The molecule has 2 aromatic rings. The fraction of sp³-hybridized carbons (Fsp3) is 0.333. The number of hydrogen-bond acceptors (Lipinski definition) is 1. The standard InChI is InChI=1S/C18H21FO/c1-18(2,3)15-7-8-17(19)16(12-15)14-6-4-5-13(11-14)9-10-20/h4-8,11-12,20H,9-10H2,1-3H3. The van der Waals surface area contributed by atoms with Gasteiger partial charge in [0, 0.05) is 12.2 Å². The Labute approximate surface area is 120 Å². The Hall–Kier alpha value is -1.67. The van der Waals surface area contributed by atoms with E-state index in [2.05, 4.69) is 20.8 Å². The van der Waals surface area contributed by atoms with E-state index in [9.17, 15) is 4.39 Å². The molecule has 0 bridgehead atoms. The second kappa shape index (κ2) is 5.76. The molecule has 2 aromatic carbocycles. The van der Waals surface area contributed by atoms with E-state index in [0.717, 1.165) is 16.7 Å². The summed E-state index contributed by atoms with van der Waals surface area (Å²) >= 11 is 0. The molecule has 0 spiro atoms. The average Bonchev–Trinajstić information content (AvgIpc) is 2.38. The van der Waals surface area contributed by atoms with Crippen molar-refractivity contribution in [3.8, 4) is 11.1 Å². The van der Waals surface area contributed by atoms with Crippen molar-refractivity contribution in [2.75, 3.05) is 6.61 Å². The minimum Gasteiger partial charge on any atom is -0.396 e. The number of benzene rings is 2. The van der Waals surface area contributed by atoms with Crippen LogP contribution in [0.5, 0.6) is 0 Å². The summed E-state index contributed by atoms with van der Waals surface area (Å²) in [5, 5.41) is 9.01. The van der Waals surface area contributed by atoms with Crippen molar-refractivity contribution in [3.63, 3.8) is 0 Å². The van der Waals surface area contributed by atoms with Crippen LogP contribution in [-0.4, -0.2) is 11.7 Å². The van der Waals surface area contributed by atoms with Gasteiger partial charge in [-0.15, -0.1) is 0 Å². The van der Waals surface area contributed by atoms with E-state index in [1.54, 1.807) is 0 Å². The van der Waals surface area contributed by atoms with Crippen molar-refractivity contribution >= 4 is 0 Å². The van der Waals surface area contributed by atoms with Gasteiger partial charge in [-0.2, -0.15) is 0 Å². The third kappa shape index (κ3) is 3.26. The van der Waals surface area contributed by atoms with Gasteiger partial charge >= 0.3 is 0 Å². The molecule has 0 aliphatic rings. The maximum Gasteiger partial charge on any atom is 0.131 e. The van der Waals surface area contributed by atoms with E-state index >= 15 is 0 Å². The Morgan fingerprint density at radius 1 is 1.05 bits per heavy atom. The van der Waals surface area contributed by atoms with Gasteiger partial charge in [0.1, 0.15) is 5.82 Å². The first-order chi connectivity index (χ1) is 9.41. The maximum absolute atomic E-state index is 14.1. The van der Waals surface area contributed by atoms with Crippen molar-refractivity contribution < 1.29 is 9.50 Å². The molecule has 2 heteroatoms. The molecule has 0 saturated heterocycles. The predicted molar refractivity (Wildman–Crippen MR) is 81.3 cm³/mol. The normalized spacial score (nSPS) is 11.7. The van der Waals surface area contributed by atoms with Crippen LogP contribution in [0.15, 0.2) is 42.5 Å². The minimum atomic E-state index is -0.209. The molecule has 0 aliphatic carbocycles. The van der Waals surface area contributed by atoms with Gasteiger partial charge in [0.05, 0.1) is 0 Å². The second-order valence-electron chi connectivity index (χ2n) is 6.12. The fourth-order valence-electron chi connectivity index (χ4n) is 2.24. The highest BCUT2D eigenvalue weighted by atomic mass is 19.1. The van der Waals surface area contributed by atoms with Crippen LogP contribution in [-0.2, 0) is 11.8 Å². The van der Waals surface area contributed by atoms with Gasteiger partial charge in [-0.1, -0.05) is 51.1 Å². The molecule has 0 radical (unpaired) electrons. The summed E-state index contributed by atoms with van der Waals surface area (Å²) in [4.78, 5) is 0. The number of halogens is 1. The Bertz CT molecular complexity index is 597. The lowest BCUT2D eigenvalue weighted by Crippen LogP contribution is -2.11. The van der Waals surface area contributed by atoms with E-state index < -0.39 is 0 Å². The van der Waals surface area contributed by atoms with Crippen LogP contribution < -0.4 is 0 Å². The Morgan fingerprint density at radius 3 is 2.45 bits per heavy atom. The first-order valence-electron chi connectivity index (χ1n) is 6.92. The molecule has 1 nitrogen and oxygen atoms in total. The van der Waals surface area contributed by atoms with Crippen molar-refractivity contribution in [1.82, 2.24) is 0 Å². The van der Waals surface area contributed by atoms with E-state index in [1.807, 2.05) is 36.4 Å². The van der Waals surface area contributed by atoms with Gasteiger partial charge in [0.25, 0.3) is 0 Å². The number of aliphatic hydroxyl groups is 1. The molecule has 1 N–H and O–H groups in total. The van der Waals surface area contributed by atoms with Crippen LogP contribution >= 0.6 is 0 Å². The number of hydrogen-bond donors (Lipinski definition) is 1. The zero-order chi connectivity index (χ0) is 14.8. The molecule has 0 heterocycles. The summed E-state index contributed by atoms with van der Waals surface area (Å²) in [5.41, 5.74) is 3.61. The second-order valence-corrected chi connectivity index (χ2v) is 6.12. The van der Waals surface area contributed by atoms with Gasteiger partial charge in [-0.05, 0) is 40.7 Å². The van der Waals surface area contributed by atoms with Crippen molar-refractivity contribution in [3.05, 3.63) is 59.4 Å². The van der Waals surface area contributed by atoms with Gasteiger partial charge < -0.3 is 5.11 Å². The summed E-state index contributed by atoms with van der Waals surface area (Å²) in [6.45, 7) is 6.46. The van der Waals surface area contributed by atoms with Gasteiger partial charge in [0.15, 0.2) is 0 Å². The molecular weight excluding hydrogens is 251 g/mol. The molecule has 0 aromatic heterocycles. The molecule has 0 saturated carbocycles. The Kier molecular flexibility index (Phi) is 4.24. The quantitative estimate of drug-likeness (QED) is 0.882. The molecular formula is C18H21FO. The van der Waals surface area contributed by atoms with Crippen LogP contribution in [0.2, 0.25) is 0 Å². The molecule has 20 heavy (non-hydrogen) atoms. The predicted octanol–water partition coefficient (Wildman–Crippen LogP) is 4.33. The van der Waals surface area contributed by atoms with Crippen LogP contribution in [0.3, 0.4) is 0 Å². The number of aliphatic hydroxyl groups excluding tert-OH is 1. The molecule has 2 rings (SSSR count). The Morgan fingerprint density at radius 2 is 1.80 bits per heavy atom. The molecule has 0 amide bonds. The fourth-order valence-corrected chi connectivity index (χ4v) is 2.24. The highest BCUT2D eigenvalue weighted by Gasteiger charge is 2.16. The SMILES string of the molecule is CC(C)(C)c1ccc(F)c(-c2cccc(CCO)c2)c1. The number of rotatable bonds is 3. The van der Waals surface area contributed by atoms with Gasteiger partial charge in [-0.25, -0.2) is 4.39 Å². The van der Waals surface area contributed by atoms with Crippen LogP contribution in [0.25, 0.3) is 11.1 Å². The minimum absolute atomic E-state index is 0.00877. The summed E-state index contributed by atoms with van der Waals surface area (Å²) < 4.78 is 14.1. The zero-order valence-electron chi connectivity index (χ0n) is 12.3. The van der Waals surface area contributed by atoms with Crippen molar-refractivity contribution in [1.29, 1.82) is 0 Å². The molecule has 0 atom stereocenters. The average molecular weight is 272 g/mol. The van der Waals surface area contributed by atoms with Crippen molar-refractivity contribution in [2.45, 2.75) is 32.6 Å². The highest BCUT2D eigenvalue weighted by Crippen LogP contribution is 2.30. The van der Waals surface area contributed by atoms with Crippen LogP contribution in [0, 0.1) is 5.82 Å². The molecule has 0 fully saturated rings. The monoisotopic (exact) mass is 272 g/mol. The lowest BCUT2D eigenvalue weighted by Gasteiger charge is -2.20.